The highest BCUT2D eigenvalue weighted by Gasteiger charge is 2.25. The van der Waals surface area contributed by atoms with Gasteiger partial charge in [0.15, 0.2) is 0 Å². The van der Waals surface area contributed by atoms with Gasteiger partial charge in [-0.3, -0.25) is 0 Å². The van der Waals surface area contributed by atoms with Gasteiger partial charge in [-0.2, -0.15) is 0 Å². The summed E-state index contributed by atoms with van der Waals surface area (Å²) in [6, 6.07) is 8.30. The molecule has 1 rings (SSSR count). The number of benzene rings is 1. The zero-order chi connectivity index (χ0) is 15.6. The van der Waals surface area contributed by atoms with Crippen molar-refractivity contribution in [3.8, 4) is 5.75 Å². The Morgan fingerprint density at radius 2 is 1.86 bits per heavy atom. The van der Waals surface area contributed by atoms with Gasteiger partial charge in [-0.05, 0) is 56.3 Å². The van der Waals surface area contributed by atoms with Gasteiger partial charge >= 0.3 is 0 Å². The van der Waals surface area contributed by atoms with E-state index in [0.717, 1.165) is 44.4 Å². The molecular weight excluding hydrogens is 262 g/mol. The van der Waals surface area contributed by atoms with Crippen molar-refractivity contribution in [2.45, 2.75) is 58.4 Å². The molecule has 0 saturated carbocycles. The summed E-state index contributed by atoms with van der Waals surface area (Å²) in [7, 11) is 0. The second kappa shape index (κ2) is 9.80. The van der Waals surface area contributed by atoms with E-state index in [-0.39, 0.29) is 12.1 Å². The smallest absolute Gasteiger partial charge is 0.119 e. The third-order valence-electron chi connectivity index (χ3n) is 4.13. The SMILES string of the molecule is CCCNC(CC)(CO)CCCOc1ccc(CC)cc1. The molecule has 1 aromatic rings. The predicted molar refractivity (Wildman–Crippen MR) is 89.0 cm³/mol. The van der Waals surface area contributed by atoms with Crippen LogP contribution in [0.3, 0.4) is 0 Å². The highest BCUT2D eigenvalue weighted by Crippen LogP contribution is 2.18. The van der Waals surface area contributed by atoms with E-state index in [2.05, 4.69) is 38.2 Å². The van der Waals surface area contributed by atoms with Gasteiger partial charge in [-0.25, -0.2) is 0 Å². The van der Waals surface area contributed by atoms with Crippen molar-refractivity contribution in [3.63, 3.8) is 0 Å². The molecule has 0 fully saturated rings. The summed E-state index contributed by atoms with van der Waals surface area (Å²) >= 11 is 0. The molecule has 0 heterocycles. The van der Waals surface area contributed by atoms with E-state index in [9.17, 15) is 5.11 Å². The largest absolute Gasteiger partial charge is 0.494 e. The molecule has 0 aliphatic heterocycles. The van der Waals surface area contributed by atoms with Gasteiger partial charge in [-0.15, -0.1) is 0 Å². The first-order valence-corrected chi connectivity index (χ1v) is 8.27. The fourth-order valence-corrected chi connectivity index (χ4v) is 2.45. The quantitative estimate of drug-likeness (QED) is 0.613. The second-order valence-electron chi connectivity index (χ2n) is 5.67. The van der Waals surface area contributed by atoms with Crippen LogP contribution in [-0.2, 0) is 6.42 Å². The Kier molecular flexibility index (Phi) is 8.40. The first kappa shape index (κ1) is 18.0. The molecule has 0 aromatic heterocycles. The standard InChI is InChI=1S/C18H31NO2/c1-4-13-19-18(6-3,15-20)12-7-14-21-17-10-8-16(5-2)9-11-17/h8-11,19-20H,4-7,12-15H2,1-3H3. The fraction of sp³-hybridized carbons (Fsp3) is 0.667. The number of aryl methyl sites for hydroxylation is 1. The molecule has 1 aromatic carbocycles. The molecule has 3 heteroatoms. The number of rotatable bonds is 11. The van der Waals surface area contributed by atoms with Crippen molar-refractivity contribution in [3.05, 3.63) is 29.8 Å². The lowest BCUT2D eigenvalue weighted by Gasteiger charge is -2.32. The molecule has 3 nitrogen and oxygen atoms in total. The maximum atomic E-state index is 9.67. The molecule has 0 saturated heterocycles. The van der Waals surface area contributed by atoms with E-state index < -0.39 is 0 Å². The van der Waals surface area contributed by atoms with Gasteiger partial charge in [0.05, 0.1) is 13.2 Å². The normalized spacial score (nSPS) is 13.9. The fourth-order valence-electron chi connectivity index (χ4n) is 2.45. The predicted octanol–water partition coefficient (Wildman–Crippen LogP) is 3.55. The minimum absolute atomic E-state index is 0.147. The Hall–Kier alpha value is -1.06. The molecule has 0 amide bonds. The summed E-state index contributed by atoms with van der Waals surface area (Å²) in [6.07, 6.45) is 4.96. The Morgan fingerprint density at radius 1 is 1.14 bits per heavy atom. The van der Waals surface area contributed by atoms with Crippen LogP contribution < -0.4 is 10.1 Å². The summed E-state index contributed by atoms with van der Waals surface area (Å²) in [5, 5.41) is 13.2. The summed E-state index contributed by atoms with van der Waals surface area (Å²) in [6.45, 7) is 8.26. The highest BCUT2D eigenvalue weighted by molar-refractivity contribution is 5.27. The molecule has 0 aliphatic rings. The Bertz CT molecular complexity index is 371. The van der Waals surface area contributed by atoms with Crippen molar-refractivity contribution < 1.29 is 9.84 Å². The molecule has 0 spiro atoms. The molecule has 0 radical (unpaired) electrons. The van der Waals surface area contributed by atoms with Crippen LogP contribution in [0, 0.1) is 0 Å². The maximum Gasteiger partial charge on any atom is 0.119 e. The summed E-state index contributed by atoms with van der Waals surface area (Å²) in [5.74, 6) is 0.930. The van der Waals surface area contributed by atoms with E-state index in [4.69, 9.17) is 4.74 Å². The van der Waals surface area contributed by atoms with Crippen molar-refractivity contribution >= 4 is 0 Å². The van der Waals surface area contributed by atoms with Gasteiger partial charge in [-0.1, -0.05) is 32.9 Å². The highest BCUT2D eigenvalue weighted by atomic mass is 16.5. The zero-order valence-corrected chi connectivity index (χ0v) is 13.8. The first-order chi connectivity index (χ1) is 10.2. The van der Waals surface area contributed by atoms with Crippen molar-refractivity contribution in [2.75, 3.05) is 19.8 Å². The average molecular weight is 293 g/mol. The van der Waals surface area contributed by atoms with E-state index in [1.807, 2.05) is 12.1 Å². The van der Waals surface area contributed by atoms with Crippen LogP contribution in [0.25, 0.3) is 0 Å². The first-order valence-electron chi connectivity index (χ1n) is 8.27. The van der Waals surface area contributed by atoms with Crippen LogP contribution in [0.15, 0.2) is 24.3 Å². The minimum atomic E-state index is -0.147. The van der Waals surface area contributed by atoms with Crippen LogP contribution in [0.4, 0.5) is 0 Å². The number of aliphatic hydroxyl groups excluding tert-OH is 1. The molecule has 0 aliphatic carbocycles. The van der Waals surface area contributed by atoms with Gasteiger partial charge < -0.3 is 15.2 Å². The lowest BCUT2D eigenvalue weighted by Crippen LogP contribution is -2.48. The van der Waals surface area contributed by atoms with Crippen LogP contribution in [-0.4, -0.2) is 30.4 Å². The topological polar surface area (TPSA) is 41.5 Å². The molecule has 1 atom stereocenters. The monoisotopic (exact) mass is 293 g/mol. The zero-order valence-electron chi connectivity index (χ0n) is 13.8. The Labute approximate surface area is 129 Å². The minimum Gasteiger partial charge on any atom is -0.494 e. The summed E-state index contributed by atoms with van der Waals surface area (Å²) in [5.41, 5.74) is 1.18. The average Bonchev–Trinajstić information content (AvgIpc) is 2.55. The van der Waals surface area contributed by atoms with Crippen LogP contribution >= 0.6 is 0 Å². The molecule has 21 heavy (non-hydrogen) atoms. The number of nitrogens with one attached hydrogen (secondary N) is 1. The maximum absolute atomic E-state index is 9.67. The Balaban J connectivity index is 2.36. The second-order valence-corrected chi connectivity index (χ2v) is 5.67. The van der Waals surface area contributed by atoms with Crippen LogP contribution in [0.1, 0.15) is 52.0 Å². The van der Waals surface area contributed by atoms with Gasteiger partial charge in [0, 0.05) is 5.54 Å². The molecule has 0 bridgehead atoms. The van der Waals surface area contributed by atoms with Crippen molar-refractivity contribution in [2.24, 2.45) is 0 Å². The number of ether oxygens (including phenoxy) is 1. The number of aliphatic hydroxyl groups is 1. The van der Waals surface area contributed by atoms with Crippen LogP contribution in [0.5, 0.6) is 5.75 Å². The van der Waals surface area contributed by atoms with Crippen molar-refractivity contribution in [1.82, 2.24) is 5.32 Å². The van der Waals surface area contributed by atoms with Crippen molar-refractivity contribution in [1.29, 1.82) is 0 Å². The van der Waals surface area contributed by atoms with E-state index in [0.29, 0.717) is 6.61 Å². The van der Waals surface area contributed by atoms with Crippen LogP contribution in [0.2, 0.25) is 0 Å². The molecule has 2 N–H and O–H groups in total. The third kappa shape index (κ3) is 6.06. The third-order valence-corrected chi connectivity index (χ3v) is 4.13. The molecule has 1 unspecified atom stereocenters. The lowest BCUT2D eigenvalue weighted by molar-refractivity contribution is 0.138. The van der Waals surface area contributed by atoms with Gasteiger partial charge in [0.2, 0.25) is 0 Å². The molecular formula is C18H31NO2. The van der Waals surface area contributed by atoms with Gasteiger partial charge in [0.1, 0.15) is 5.75 Å². The summed E-state index contributed by atoms with van der Waals surface area (Å²) in [4.78, 5) is 0. The summed E-state index contributed by atoms with van der Waals surface area (Å²) < 4.78 is 5.78. The van der Waals surface area contributed by atoms with Gasteiger partial charge in [0.25, 0.3) is 0 Å². The molecule has 120 valence electrons. The number of hydrogen-bond donors (Lipinski definition) is 2. The van der Waals surface area contributed by atoms with E-state index in [1.165, 1.54) is 5.56 Å². The lowest BCUT2D eigenvalue weighted by atomic mass is 9.91. The Morgan fingerprint density at radius 3 is 2.38 bits per heavy atom. The van der Waals surface area contributed by atoms with E-state index >= 15 is 0 Å². The number of hydrogen-bond acceptors (Lipinski definition) is 3. The van der Waals surface area contributed by atoms with E-state index in [1.54, 1.807) is 0 Å².